The Morgan fingerprint density at radius 3 is 2.07 bits per heavy atom. The molecule has 0 amide bonds. The number of benzene rings is 2. The zero-order valence-electron chi connectivity index (χ0n) is 15.0. The van der Waals surface area contributed by atoms with Crippen LogP contribution in [0, 0.1) is 0 Å². The Kier molecular flexibility index (Phi) is 9.32. The lowest BCUT2D eigenvalue weighted by molar-refractivity contribution is -0.105. The summed E-state index contributed by atoms with van der Waals surface area (Å²) in [6.07, 6.45) is 0.678. The molecule has 2 N–H and O–H groups in total. The molecule has 0 fully saturated rings. The maximum atomic E-state index is 13.2. The van der Waals surface area contributed by atoms with Crippen LogP contribution in [0.2, 0.25) is 10.0 Å². The number of methoxy groups -OCH3 is 2. The van der Waals surface area contributed by atoms with Gasteiger partial charge >= 0.3 is 0 Å². The van der Waals surface area contributed by atoms with Crippen LogP contribution < -0.4 is 5.73 Å². The summed E-state index contributed by atoms with van der Waals surface area (Å²) in [4.78, 5) is 1.53. The Labute approximate surface area is 177 Å². The number of nitrogens with two attached hydrogens (primary N) is 1. The molecule has 2 aromatic carbocycles. The summed E-state index contributed by atoms with van der Waals surface area (Å²) in [6.45, 7) is 0. The Hall–Kier alpha value is -0.860. The van der Waals surface area contributed by atoms with Crippen molar-refractivity contribution >= 4 is 46.1 Å². The third-order valence-electron chi connectivity index (χ3n) is 3.66. The predicted octanol–water partition coefficient (Wildman–Crippen LogP) is 5.42. The first-order valence-corrected chi connectivity index (χ1v) is 10.8. The molecule has 0 aliphatic rings. The van der Waals surface area contributed by atoms with Crippen LogP contribution in [-0.2, 0) is 20.6 Å². The summed E-state index contributed by atoms with van der Waals surface area (Å²) in [5.41, 5.74) is 6.85. The van der Waals surface area contributed by atoms with Gasteiger partial charge in [-0.2, -0.15) is 0 Å². The first-order chi connectivity index (χ1) is 12.9. The fourth-order valence-corrected chi connectivity index (χ4v) is 4.99. The largest absolute Gasteiger partial charge is 0.606 e. The van der Waals surface area contributed by atoms with Gasteiger partial charge in [0.1, 0.15) is 0 Å². The van der Waals surface area contributed by atoms with Gasteiger partial charge in [-0.25, -0.2) is 0 Å². The van der Waals surface area contributed by atoms with E-state index >= 15 is 0 Å². The molecule has 0 heterocycles. The molecule has 0 aliphatic heterocycles. The van der Waals surface area contributed by atoms with Gasteiger partial charge in [-0.05, 0) is 66.7 Å². The number of rotatable bonds is 9. The van der Waals surface area contributed by atoms with E-state index in [1.165, 1.54) is 11.8 Å². The van der Waals surface area contributed by atoms with Crippen molar-refractivity contribution in [2.24, 2.45) is 5.73 Å². The molecular formula is C19H21Cl2NO3S2. The lowest BCUT2D eigenvalue weighted by Crippen LogP contribution is -2.16. The molecule has 4 nitrogen and oxygen atoms in total. The molecule has 0 aromatic heterocycles. The lowest BCUT2D eigenvalue weighted by Gasteiger charge is -2.17. The van der Waals surface area contributed by atoms with Crippen LogP contribution in [0.25, 0.3) is 0 Å². The van der Waals surface area contributed by atoms with E-state index in [1.807, 2.05) is 12.1 Å². The van der Waals surface area contributed by atoms with E-state index in [0.29, 0.717) is 37.7 Å². The number of hydrogen-bond donors (Lipinski definition) is 1. The van der Waals surface area contributed by atoms with Crippen molar-refractivity contribution in [2.75, 3.05) is 14.2 Å². The fraction of sp³-hybridized carbons (Fsp3) is 0.263. The van der Waals surface area contributed by atoms with E-state index in [2.05, 4.69) is 0 Å². The summed E-state index contributed by atoms with van der Waals surface area (Å²) in [5.74, 6) is 0. The topological polar surface area (TPSA) is 67.5 Å². The van der Waals surface area contributed by atoms with Gasteiger partial charge in [-0.1, -0.05) is 23.2 Å². The van der Waals surface area contributed by atoms with Crippen LogP contribution in [0.15, 0.2) is 68.3 Å². The van der Waals surface area contributed by atoms with Crippen LogP contribution in [-0.4, -0.2) is 25.1 Å². The van der Waals surface area contributed by atoms with Gasteiger partial charge < -0.3 is 19.8 Å². The van der Waals surface area contributed by atoms with Gasteiger partial charge in [-0.3, -0.25) is 0 Å². The molecule has 27 heavy (non-hydrogen) atoms. The van der Waals surface area contributed by atoms with Crippen molar-refractivity contribution in [3.05, 3.63) is 68.5 Å². The Morgan fingerprint density at radius 1 is 1.04 bits per heavy atom. The number of allylic oxidation sites excluding steroid dienone is 1. The van der Waals surface area contributed by atoms with Gasteiger partial charge in [0.05, 0.1) is 5.70 Å². The lowest BCUT2D eigenvalue weighted by atomic mass is 10.2. The SMILES string of the molecule is COC(CCC(N)=C(Sc1ccc(Cl)cc1)[S+]([O-])c1ccc(Cl)cc1)OC. The average molecular weight is 446 g/mol. The Morgan fingerprint density at radius 2 is 1.56 bits per heavy atom. The van der Waals surface area contributed by atoms with Crippen molar-refractivity contribution in [3.8, 4) is 0 Å². The zero-order valence-corrected chi connectivity index (χ0v) is 18.1. The first-order valence-electron chi connectivity index (χ1n) is 8.09. The van der Waals surface area contributed by atoms with E-state index in [-0.39, 0.29) is 6.29 Å². The Bertz CT molecular complexity index is 751. The molecular weight excluding hydrogens is 425 g/mol. The number of hydrogen-bond acceptors (Lipinski definition) is 5. The van der Waals surface area contributed by atoms with E-state index in [4.69, 9.17) is 38.4 Å². The molecule has 0 spiro atoms. The molecule has 0 saturated carbocycles. The molecule has 1 atom stereocenters. The van der Waals surface area contributed by atoms with Crippen LogP contribution in [0.5, 0.6) is 0 Å². The normalized spacial score (nSPS) is 13.6. The van der Waals surface area contributed by atoms with Gasteiger partial charge in [0, 0.05) is 46.8 Å². The van der Waals surface area contributed by atoms with Crippen LogP contribution in [0.4, 0.5) is 0 Å². The van der Waals surface area contributed by atoms with Gasteiger partial charge in [0.2, 0.25) is 4.24 Å². The van der Waals surface area contributed by atoms with Crippen molar-refractivity contribution in [1.29, 1.82) is 0 Å². The van der Waals surface area contributed by atoms with E-state index in [0.717, 1.165) is 4.90 Å². The third-order valence-corrected chi connectivity index (χ3v) is 7.12. The Balaban J connectivity index is 2.29. The highest BCUT2D eigenvalue weighted by molar-refractivity contribution is 8.18. The summed E-state index contributed by atoms with van der Waals surface area (Å²) in [5, 5.41) is 1.22. The van der Waals surface area contributed by atoms with E-state index in [9.17, 15) is 4.55 Å². The number of thioether (sulfide) groups is 1. The van der Waals surface area contributed by atoms with E-state index in [1.54, 1.807) is 50.6 Å². The molecule has 146 valence electrons. The van der Waals surface area contributed by atoms with Gasteiger partial charge in [0.15, 0.2) is 11.2 Å². The quantitative estimate of drug-likeness (QED) is 0.317. The first kappa shape index (κ1) is 22.4. The molecule has 2 rings (SSSR count). The van der Waals surface area contributed by atoms with Crippen molar-refractivity contribution in [2.45, 2.75) is 28.9 Å². The maximum absolute atomic E-state index is 13.2. The smallest absolute Gasteiger partial charge is 0.215 e. The number of halogens is 2. The second kappa shape index (κ2) is 11.2. The van der Waals surface area contributed by atoms with Crippen molar-refractivity contribution in [3.63, 3.8) is 0 Å². The van der Waals surface area contributed by atoms with Crippen molar-refractivity contribution in [1.82, 2.24) is 0 Å². The van der Waals surface area contributed by atoms with Gasteiger partial charge in [-0.15, -0.1) is 0 Å². The van der Waals surface area contributed by atoms with Crippen molar-refractivity contribution < 1.29 is 14.0 Å². The second-order valence-electron chi connectivity index (χ2n) is 5.53. The average Bonchev–Trinajstić information content (AvgIpc) is 2.68. The molecule has 8 heteroatoms. The standard InChI is InChI=1S/C19H21Cl2NO3S2/c1-24-18(25-2)12-11-17(22)19(26-15-7-3-13(20)4-8-15)27(23)16-9-5-14(21)6-10-16/h3-10,18H,11-12,22H2,1-2H3. The molecule has 1 unspecified atom stereocenters. The monoisotopic (exact) mass is 445 g/mol. The molecule has 0 aliphatic carbocycles. The third kappa shape index (κ3) is 6.91. The highest BCUT2D eigenvalue weighted by Crippen LogP contribution is 2.37. The summed E-state index contributed by atoms with van der Waals surface area (Å²) in [7, 11) is 3.15. The second-order valence-corrected chi connectivity index (χ2v) is 9.16. The summed E-state index contributed by atoms with van der Waals surface area (Å²) >= 11 is 11.8. The van der Waals surface area contributed by atoms with Gasteiger partial charge in [0.25, 0.3) is 0 Å². The molecule has 0 bridgehead atoms. The van der Waals surface area contributed by atoms with Crippen LogP contribution in [0.1, 0.15) is 12.8 Å². The zero-order chi connectivity index (χ0) is 19.8. The van der Waals surface area contributed by atoms with E-state index < -0.39 is 11.2 Å². The maximum Gasteiger partial charge on any atom is 0.215 e. The minimum Gasteiger partial charge on any atom is -0.606 e. The molecule has 2 aromatic rings. The fourth-order valence-electron chi connectivity index (χ4n) is 2.20. The minimum absolute atomic E-state index is 0.366. The predicted molar refractivity (Wildman–Crippen MR) is 113 cm³/mol. The summed E-state index contributed by atoms with van der Waals surface area (Å²) < 4.78 is 24.2. The minimum atomic E-state index is -1.44. The highest BCUT2D eigenvalue weighted by atomic mass is 35.5. The highest BCUT2D eigenvalue weighted by Gasteiger charge is 2.24. The molecule has 0 saturated heterocycles. The van der Waals surface area contributed by atoms with Crippen LogP contribution >= 0.6 is 35.0 Å². The van der Waals surface area contributed by atoms with Crippen LogP contribution in [0.3, 0.4) is 0 Å². The molecule has 0 radical (unpaired) electrons. The number of ether oxygens (including phenoxy) is 2. The summed E-state index contributed by atoms with van der Waals surface area (Å²) in [6, 6.07) is 14.2.